The maximum atomic E-state index is 13.8. The summed E-state index contributed by atoms with van der Waals surface area (Å²) >= 11 is 6.70. The molecule has 9 heteroatoms. The molecule has 0 spiro atoms. The number of rotatable bonds is 7. The smallest absolute Gasteiger partial charge is 0.123 e. The summed E-state index contributed by atoms with van der Waals surface area (Å²) in [4.78, 5) is 4.46. The zero-order valence-corrected chi connectivity index (χ0v) is 20.1. The number of hydrogen-bond donors (Lipinski definition) is 2. The number of nitriles is 1. The standard InChI is InChI=1S/C27H23ClFN7/c28-22-8-19(7-21-24(17(12-30)13-31-26(21)22)33-27-9-15(10-27)11-27)32-25(16-1-3-18(29)4-2-16)23-14-36(35-34-23)20-5-6-20/h1-4,7-8,13-15,20,25,32H,5-6,9-11H2,(H,31,33)/i25D. The molecule has 4 aromatic rings. The van der Waals surface area contributed by atoms with Gasteiger partial charge in [0.25, 0.3) is 0 Å². The van der Waals surface area contributed by atoms with E-state index >= 15 is 0 Å². The third kappa shape index (κ3) is 3.58. The van der Waals surface area contributed by atoms with Crippen molar-refractivity contribution in [2.75, 3.05) is 10.6 Å². The van der Waals surface area contributed by atoms with E-state index in [1.807, 2.05) is 6.07 Å². The van der Waals surface area contributed by atoms with Crippen molar-refractivity contribution in [3.8, 4) is 6.07 Å². The lowest BCUT2D eigenvalue weighted by atomic mass is 9.50. The van der Waals surface area contributed by atoms with Gasteiger partial charge in [0.1, 0.15) is 17.6 Å². The van der Waals surface area contributed by atoms with Crippen molar-refractivity contribution in [1.82, 2.24) is 20.0 Å². The number of aromatic nitrogens is 4. The quantitative estimate of drug-likeness (QED) is 0.324. The first-order valence-corrected chi connectivity index (χ1v) is 12.5. The van der Waals surface area contributed by atoms with E-state index in [1.54, 1.807) is 35.3 Å². The van der Waals surface area contributed by atoms with Gasteiger partial charge < -0.3 is 10.6 Å². The van der Waals surface area contributed by atoms with Crippen LogP contribution in [-0.4, -0.2) is 25.5 Å². The van der Waals surface area contributed by atoms with Gasteiger partial charge in [-0.2, -0.15) is 5.26 Å². The molecule has 7 nitrogen and oxygen atoms in total. The molecule has 0 amide bonds. The normalized spacial score (nSPS) is 24.1. The van der Waals surface area contributed by atoms with Crippen molar-refractivity contribution < 1.29 is 5.76 Å². The molecule has 36 heavy (non-hydrogen) atoms. The van der Waals surface area contributed by atoms with Gasteiger partial charge in [0, 0.05) is 22.8 Å². The lowest BCUT2D eigenvalue weighted by Gasteiger charge is -2.62. The average Bonchev–Trinajstić information content (AvgIpc) is 3.56. The van der Waals surface area contributed by atoms with Gasteiger partial charge in [-0.3, -0.25) is 4.98 Å². The number of halogens is 2. The van der Waals surface area contributed by atoms with E-state index in [9.17, 15) is 11.0 Å². The Balaban J connectivity index is 1.34. The summed E-state index contributed by atoms with van der Waals surface area (Å²) in [7, 11) is 0. The predicted octanol–water partition coefficient (Wildman–Crippen LogP) is 5.99. The van der Waals surface area contributed by atoms with Gasteiger partial charge in [-0.25, -0.2) is 9.07 Å². The summed E-state index contributed by atoms with van der Waals surface area (Å²) in [6, 6.07) is 10.4. The lowest BCUT2D eigenvalue weighted by molar-refractivity contribution is 0.00222. The molecular weight excluding hydrogens is 477 g/mol. The van der Waals surface area contributed by atoms with Crippen LogP contribution in [0.3, 0.4) is 0 Å². The van der Waals surface area contributed by atoms with Crippen LogP contribution >= 0.6 is 11.6 Å². The highest BCUT2D eigenvalue weighted by Gasteiger charge is 2.56. The maximum Gasteiger partial charge on any atom is 0.123 e. The minimum atomic E-state index is -1.57. The zero-order valence-electron chi connectivity index (χ0n) is 20.3. The van der Waals surface area contributed by atoms with E-state index in [0.29, 0.717) is 50.2 Å². The third-order valence-corrected chi connectivity index (χ3v) is 7.85. The lowest BCUT2D eigenvalue weighted by Crippen LogP contribution is -2.63. The molecule has 1 atom stereocenters. The number of anilines is 2. The Labute approximate surface area is 213 Å². The van der Waals surface area contributed by atoms with Gasteiger partial charge in [0.2, 0.25) is 0 Å². The number of nitrogens with zero attached hydrogens (tertiary/aromatic N) is 5. The molecule has 2 bridgehead atoms. The van der Waals surface area contributed by atoms with Crippen LogP contribution in [0.15, 0.2) is 48.8 Å². The highest BCUT2D eigenvalue weighted by Crippen LogP contribution is 2.59. The van der Waals surface area contributed by atoms with Gasteiger partial charge in [-0.15, -0.1) is 5.10 Å². The molecule has 2 N–H and O–H groups in total. The Morgan fingerprint density at radius 1 is 1.22 bits per heavy atom. The first-order chi connectivity index (χ1) is 17.9. The summed E-state index contributed by atoms with van der Waals surface area (Å²) < 4.78 is 25.1. The number of benzene rings is 2. The molecule has 0 radical (unpaired) electrons. The second kappa shape index (κ2) is 7.90. The van der Waals surface area contributed by atoms with Crippen LogP contribution < -0.4 is 10.6 Å². The highest BCUT2D eigenvalue weighted by atomic mass is 35.5. The van der Waals surface area contributed by atoms with E-state index in [1.165, 1.54) is 12.1 Å². The minimum absolute atomic E-state index is 0.0368. The van der Waals surface area contributed by atoms with Crippen LogP contribution in [-0.2, 0) is 0 Å². The molecule has 4 fully saturated rings. The van der Waals surface area contributed by atoms with E-state index in [-0.39, 0.29) is 11.4 Å². The summed E-state index contributed by atoms with van der Waals surface area (Å²) in [5, 5.41) is 26.4. The Morgan fingerprint density at radius 2 is 2.00 bits per heavy atom. The fraction of sp³-hybridized carbons (Fsp3) is 0.333. The summed E-state index contributed by atoms with van der Waals surface area (Å²) in [5.41, 5.74) is 3.23. The van der Waals surface area contributed by atoms with Crippen molar-refractivity contribution in [2.24, 2.45) is 5.92 Å². The average molecular weight is 501 g/mol. The van der Waals surface area contributed by atoms with E-state index in [0.717, 1.165) is 38.0 Å². The number of fused-ring (bicyclic) bond motifs is 1. The summed E-state index contributed by atoms with van der Waals surface area (Å²) in [6.07, 6.45) is 8.70. The van der Waals surface area contributed by atoms with Crippen LogP contribution in [0.1, 0.15) is 62.4 Å². The summed E-state index contributed by atoms with van der Waals surface area (Å²) in [5.74, 6) is 0.386. The first kappa shape index (κ1) is 20.5. The molecule has 4 saturated carbocycles. The Bertz CT molecular complexity index is 1580. The molecule has 2 aromatic carbocycles. The molecule has 0 aliphatic heterocycles. The highest BCUT2D eigenvalue weighted by molar-refractivity contribution is 6.35. The zero-order chi connectivity index (χ0) is 25.4. The van der Waals surface area contributed by atoms with Crippen LogP contribution in [0.25, 0.3) is 10.9 Å². The van der Waals surface area contributed by atoms with Gasteiger partial charge >= 0.3 is 0 Å². The van der Waals surface area contributed by atoms with Gasteiger partial charge in [-0.1, -0.05) is 28.9 Å². The van der Waals surface area contributed by atoms with Gasteiger partial charge in [0.15, 0.2) is 0 Å². The van der Waals surface area contributed by atoms with Crippen molar-refractivity contribution in [3.05, 3.63) is 76.5 Å². The molecule has 180 valence electrons. The largest absolute Gasteiger partial charge is 0.378 e. The molecule has 1 unspecified atom stereocenters. The molecule has 2 heterocycles. The van der Waals surface area contributed by atoms with Crippen LogP contribution in [0, 0.1) is 23.1 Å². The molecular formula is C27H23ClFN7. The summed E-state index contributed by atoms with van der Waals surface area (Å²) in [6.45, 7) is 0. The maximum absolute atomic E-state index is 13.8. The fourth-order valence-electron chi connectivity index (χ4n) is 5.40. The van der Waals surface area contributed by atoms with Crippen molar-refractivity contribution in [1.29, 1.82) is 5.26 Å². The monoisotopic (exact) mass is 500 g/mol. The Hall–Kier alpha value is -3.70. The van der Waals surface area contributed by atoms with Crippen LogP contribution in [0.5, 0.6) is 0 Å². The Morgan fingerprint density at radius 3 is 2.67 bits per heavy atom. The third-order valence-electron chi connectivity index (χ3n) is 7.56. The second-order valence-electron chi connectivity index (χ2n) is 10.2. The molecule has 4 aliphatic carbocycles. The number of nitrogens with one attached hydrogen (secondary N) is 2. The van der Waals surface area contributed by atoms with Crippen molar-refractivity contribution in [3.63, 3.8) is 0 Å². The number of hydrogen-bond acceptors (Lipinski definition) is 6. The molecule has 4 aliphatic rings. The second-order valence-corrected chi connectivity index (χ2v) is 10.6. The topological polar surface area (TPSA) is 91.5 Å². The van der Waals surface area contributed by atoms with E-state index in [2.05, 4.69) is 32.0 Å². The predicted molar refractivity (Wildman–Crippen MR) is 135 cm³/mol. The van der Waals surface area contributed by atoms with E-state index in [4.69, 9.17) is 11.6 Å². The minimum Gasteiger partial charge on any atom is -0.378 e. The molecule has 2 aromatic heterocycles. The van der Waals surface area contributed by atoms with E-state index < -0.39 is 6.02 Å². The van der Waals surface area contributed by atoms with Gasteiger partial charge in [0.05, 0.1) is 41.4 Å². The van der Waals surface area contributed by atoms with Crippen LogP contribution in [0.4, 0.5) is 15.8 Å². The SMILES string of the molecule is [2H]C(Nc1cc(Cl)c2ncc(C#N)c(NC34CC(C3)C4)c2c1)(c1ccc(F)cc1)c1cn(C2CC2)nn1. The molecule has 8 rings (SSSR count). The molecule has 0 saturated heterocycles. The van der Waals surface area contributed by atoms with Crippen molar-refractivity contribution in [2.45, 2.75) is 49.7 Å². The number of pyridine rings is 1. The first-order valence-electron chi connectivity index (χ1n) is 12.6. The van der Waals surface area contributed by atoms with Crippen molar-refractivity contribution >= 4 is 33.9 Å². The van der Waals surface area contributed by atoms with Gasteiger partial charge in [-0.05, 0) is 67.9 Å². The van der Waals surface area contributed by atoms with Crippen LogP contribution in [0.2, 0.25) is 5.02 Å². The Kier molecular flexibility index (Phi) is 4.50. The fourth-order valence-corrected chi connectivity index (χ4v) is 5.67.